The molecule has 0 spiro atoms. The van der Waals surface area contributed by atoms with E-state index in [1.54, 1.807) is 12.4 Å². The van der Waals surface area contributed by atoms with Crippen LogP contribution in [0.2, 0.25) is 5.02 Å². The quantitative estimate of drug-likeness (QED) is 0.425. The van der Waals surface area contributed by atoms with Gasteiger partial charge in [0.15, 0.2) is 5.96 Å². The molecule has 1 aliphatic heterocycles. The van der Waals surface area contributed by atoms with E-state index in [2.05, 4.69) is 35.0 Å². The Morgan fingerprint density at radius 1 is 1.14 bits per heavy atom. The van der Waals surface area contributed by atoms with Crippen LogP contribution >= 0.6 is 11.6 Å². The molecule has 0 saturated carbocycles. The topological polar surface area (TPSA) is 59.9 Å². The zero-order valence-electron chi connectivity index (χ0n) is 17.3. The normalized spacial score (nSPS) is 15.4. The summed E-state index contributed by atoms with van der Waals surface area (Å²) in [6, 6.07) is 9.78. The van der Waals surface area contributed by atoms with Crippen LogP contribution in [0, 0.1) is 0 Å². The molecule has 1 fully saturated rings. The third-order valence-electron chi connectivity index (χ3n) is 5.08. The number of benzene rings is 1. The number of anilines is 1. The van der Waals surface area contributed by atoms with Crippen LogP contribution in [-0.4, -0.2) is 79.1 Å². The number of hydrogen-bond donors (Lipinski definition) is 1. The maximum atomic E-state index is 6.27. The number of hydrogen-bond acceptors (Lipinski definition) is 5. The number of rotatable bonds is 7. The van der Waals surface area contributed by atoms with Crippen LogP contribution in [0.3, 0.4) is 0 Å². The minimum atomic E-state index is 0.725. The molecule has 8 heteroatoms. The molecule has 0 aliphatic carbocycles. The van der Waals surface area contributed by atoms with Gasteiger partial charge in [-0.3, -0.25) is 9.89 Å². The minimum Gasteiger partial charge on any atom is -0.356 e. The second kappa shape index (κ2) is 11.0. The summed E-state index contributed by atoms with van der Waals surface area (Å²) in [6.45, 7) is 6.71. The first kappa shape index (κ1) is 21.3. The molecule has 156 valence electrons. The highest BCUT2D eigenvalue weighted by Gasteiger charge is 2.18. The van der Waals surface area contributed by atoms with Crippen molar-refractivity contribution in [3.05, 3.63) is 53.3 Å². The fraction of sp³-hybridized carbons (Fsp3) is 0.476. The van der Waals surface area contributed by atoms with Crippen LogP contribution in [0.4, 0.5) is 5.95 Å². The van der Waals surface area contributed by atoms with E-state index in [0.717, 1.165) is 74.7 Å². The molecule has 0 atom stereocenters. The summed E-state index contributed by atoms with van der Waals surface area (Å²) in [5.41, 5.74) is 1.10. The molecule has 7 nitrogen and oxygen atoms in total. The van der Waals surface area contributed by atoms with E-state index in [4.69, 9.17) is 11.6 Å². The fourth-order valence-corrected chi connectivity index (χ4v) is 3.67. The second-order valence-electron chi connectivity index (χ2n) is 7.15. The first-order valence-corrected chi connectivity index (χ1v) is 10.4. The Bertz CT molecular complexity index is 776. The predicted molar refractivity (Wildman–Crippen MR) is 120 cm³/mol. The molecule has 1 saturated heterocycles. The molecular formula is C21H30ClN7. The van der Waals surface area contributed by atoms with E-state index < -0.39 is 0 Å². The Hall–Kier alpha value is -2.38. The number of piperazine rings is 1. The summed E-state index contributed by atoms with van der Waals surface area (Å²) in [5.74, 6) is 1.72. The predicted octanol–water partition coefficient (Wildman–Crippen LogP) is 2.35. The monoisotopic (exact) mass is 415 g/mol. The van der Waals surface area contributed by atoms with Gasteiger partial charge in [-0.05, 0) is 30.7 Å². The largest absolute Gasteiger partial charge is 0.356 e. The van der Waals surface area contributed by atoms with Crippen molar-refractivity contribution in [1.29, 1.82) is 0 Å². The second-order valence-corrected chi connectivity index (χ2v) is 7.56. The molecular weight excluding hydrogens is 386 g/mol. The van der Waals surface area contributed by atoms with Crippen molar-refractivity contribution in [2.45, 2.75) is 13.0 Å². The van der Waals surface area contributed by atoms with Crippen LogP contribution in [0.5, 0.6) is 0 Å². The van der Waals surface area contributed by atoms with Gasteiger partial charge in [0, 0.05) is 70.8 Å². The highest BCUT2D eigenvalue weighted by atomic mass is 35.5. The van der Waals surface area contributed by atoms with Crippen LogP contribution in [0.25, 0.3) is 0 Å². The van der Waals surface area contributed by atoms with E-state index in [1.165, 1.54) is 0 Å². The molecule has 0 amide bonds. The number of nitrogens with one attached hydrogen (secondary N) is 1. The Labute approximate surface area is 178 Å². The van der Waals surface area contributed by atoms with Gasteiger partial charge in [0.25, 0.3) is 0 Å². The third-order valence-corrected chi connectivity index (χ3v) is 5.45. The van der Waals surface area contributed by atoms with Crippen molar-refractivity contribution in [1.82, 2.24) is 25.1 Å². The van der Waals surface area contributed by atoms with Gasteiger partial charge in [0.05, 0.1) is 0 Å². The van der Waals surface area contributed by atoms with Gasteiger partial charge in [-0.15, -0.1) is 0 Å². The summed E-state index contributed by atoms with van der Waals surface area (Å²) in [7, 11) is 3.85. The molecule has 0 bridgehead atoms. The number of halogens is 1. The summed E-state index contributed by atoms with van der Waals surface area (Å²) < 4.78 is 0. The molecule has 0 unspecified atom stereocenters. The molecule has 2 aromatic rings. The summed E-state index contributed by atoms with van der Waals surface area (Å²) in [5, 5.41) is 4.25. The van der Waals surface area contributed by atoms with E-state index >= 15 is 0 Å². The van der Waals surface area contributed by atoms with Crippen LogP contribution in [-0.2, 0) is 6.54 Å². The molecule has 1 aromatic heterocycles. The number of aromatic nitrogens is 2. The molecule has 1 aromatic carbocycles. The van der Waals surface area contributed by atoms with Crippen molar-refractivity contribution in [2.75, 3.05) is 58.3 Å². The highest BCUT2D eigenvalue weighted by molar-refractivity contribution is 6.31. The van der Waals surface area contributed by atoms with Crippen molar-refractivity contribution in [2.24, 2.45) is 4.99 Å². The molecule has 1 aliphatic rings. The Balaban J connectivity index is 1.36. The van der Waals surface area contributed by atoms with E-state index in [1.807, 2.05) is 44.4 Å². The standard InChI is InChI=1S/C21H30ClN7/c1-23-20(27(2)17-18-7-3-4-8-19(18)22)24-11-6-12-28-13-15-29(16-14-28)21-25-9-5-10-26-21/h3-5,7-10H,6,11-17H2,1-2H3,(H,23,24). The first-order valence-electron chi connectivity index (χ1n) is 10.1. The molecule has 29 heavy (non-hydrogen) atoms. The van der Waals surface area contributed by atoms with Crippen LogP contribution in [0.15, 0.2) is 47.7 Å². The Kier molecular flexibility index (Phi) is 8.07. The van der Waals surface area contributed by atoms with Gasteiger partial charge >= 0.3 is 0 Å². The zero-order chi connectivity index (χ0) is 20.5. The van der Waals surface area contributed by atoms with Gasteiger partial charge in [-0.1, -0.05) is 29.8 Å². The van der Waals surface area contributed by atoms with Crippen molar-refractivity contribution < 1.29 is 0 Å². The maximum Gasteiger partial charge on any atom is 0.225 e. The maximum absolute atomic E-state index is 6.27. The minimum absolute atomic E-state index is 0.725. The summed E-state index contributed by atoms with van der Waals surface area (Å²) >= 11 is 6.27. The van der Waals surface area contributed by atoms with Gasteiger partial charge in [0.1, 0.15) is 0 Å². The highest BCUT2D eigenvalue weighted by Crippen LogP contribution is 2.16. The molecule has 3 rings (SSSR count). The van der Waals surface area contributed by atoms with E-state index in [0.29, 0.717) is 0 Å². The Morgan fingerprint density at radius 2 is 1.86 bits per heavy atom. The zero-order valence-corrected chi connectivity index (χ0v) is 18.0. The number of nitrogens with zero attached hydrogens (tertiary/aromatic N) is 6. The smallest absolute Gasteiger partial charge is 0.225 e. The SMILES string of the molecule is CN=C(NCCCN1CCN(c2ncccn2)CC1)N(C)Cc1ccccc1Cl. The van der Waals surface area contributed by atoms with E-state index in [9.17, 15) is 0 Å². The molecule has 0 radical (unpaired) electrons. The lowest BCUT2D eigenvalue weighted by molar-refractivity contribution is 0.254. The van der Waals surface area contributed by atoms with Crippen molar-refractivity contribution in [3.63, 3.8) is 0 Å². The lowest BCUT2D eigenvalue weighted by Crippen LogP contribution is -2.47. The van der Waals surface area contributed by atoms with Gasteiger partial charge in [0.2, 0.25) is 5.95 Å². The van der Waals surface area contributed by atoms with Crippen LogP contribution in [0.1, 0.15) is 12.0 Å². The average Bonchev–Trinajstić information content (AvgIpc) is 2.76. The van der Waals surface area contributed by atoms with Crippen molar-refractivity contribution in [3.8, 4) is 0 Å². The molecule has 2 heterocycles. The van der Waals surface area contributed by atoms with E-state index in [-0.39, 0.29) is 0 Å². The fourth-order valence-electron chi connectivity index (χ4n) is 3.47. The average molecular weight is 416 g/mol. The van der Waals surface area contributed by atoms with Gasteiger partial charge in [-0.25, -0.2) is 9.97 Å². The third kappa shape index (κ3) is 6.30. The number of aliphatic imine (C=N–C) groups is 1. The first-order chi connectivity index (χ1) is 14.2. The summed E-state index contributed by atoms with van der Waals surface area (Å²) in [6.07, 6.45) is 4.67. The van der Waals surface area contributed by atoms with Gasteiger partial charge < -0.3 is 15.1 Å². The Morgan fingerprint density at radius 3 is 2.55 bits per heavy atom. The van der Waals surface area contributed by atoms with Crippen molar-refractivity contribution >= 4 is 23.5 Å². The lowest BCUT2D eigenvalue weighted by Gasteiger charge is -2.34. The molecule has 1 N–H and O–H groups in total. The van der Waals surface area contributed by atoms with Crippen LogP contribution < -0.4 is 10.2 Å². The lowest BCUT2D eigenvalue weighted by atomic mass is 10.2. The van der Waals surface area contributed by atoms with Gasteiger partial charge in [-0.2, -0.15) is 0 Å². The number of guanidine groups is 1. The summed E-state index contributed by atoms with van der Waals surface area (Å²) in [4.78, 5) is 19.9.